The third kappa shape index (κ3) is 7.69. The van der Waals surface area contributed by atoms with Gasteiger partial charge in [0.05, 0.1) is 10.6 Å². The Hall–Kier alpha value is -3.72. The summed E-state index contributed by atoms with van der Waals surface area (Å²) in [5, 5.41) is 2.94. The van der Waals surface area contributed by atoms with Gasteiger partial charge >= 0.3 is 0 Å². The second kappa shape index (κ2) is 13.6. The number of rotatable bonds is 12. The van der Waals surface area contributed by atoms with Gasteiger partial charge in [-0.3, -0.25) is 13.9 Å². The summed E-state index contributed by atoms with van der Waals surface area (Å²) in [6.45, 7) is 8.82. The standard InChI is InChI=1S/C31H38FN3O4S/c1-6-24(5)33-31(37)29(7-2)34(20-25-13-15-26(32)16-14-25)30(36)21-35(27-10-8-9-23(4)19-27)40(38,39)28-17-11-22(3)12-18-28/h8-19,24,29H,6-7,20-21H2,1-5H3,(H,33,37). The van der Waals surface area contributed by atoms with Gasteiger partial charge < -0.3 is 10.2 Å². The third-order valence-electron chi connectivity index (χ3n) is 6.83. The molecule has 3 aromatic carbocycles. The zero-order valence-corrected chi connectivity index (χ0v) is 24.5. The van der Waals surface area contributed by atoms with Gasteiger partial charge in [0.15, 0.2) is 0 Å². The molecule has 9 heteroatoms. The molecule has 0 aromatic heterocycles. The van der Waals surface area contributed by atoms with Crippen molar-refractivity contribution in [2.24, 2.45) is 0 Å². The number of benzene rings is 3. The zero-order chi connectivity index (χ0) is 29.4. The van der Waals surface area contributed by atoms with Crippen LogP contribution in [0.5, 0.6) is 0 Å². The molecule has 0 bridgehead atoms. The number of hydrogen-bond donors (Lipinski definition) is 1. The molecule has 0 saturated heterocycles. The van der Waals surface area contributed by atoms with E-state index in [4.69, 9.17) is 0 Å². The quantitative estimate of drug-likeness (QED) is 0.319. The Balaban J connectivity index is 2.05. The van der Waals surface area contributed by atoms with Crippen molar-refractivity contribution < 1.29 is 22.4 Å². The normalized spacial score (nSPS) is 12.8. The van der Waals surface area contributed by atoms with Crippen LogP contribution < -0.4 is 9.62 Å². The number of sulfonamides is 1. The van der Waals surface area contributed by atoms with Crippen molar-refractivity contribution in [3.05, 3.63) is 95.3 Å². The maximum atomic E-state index is 14.0. The Morgan fingerprint density at radius 3 is 2.12 bits per heavy atom. The first-order valence-corrected chi connectivity index (χ1v) is 14.9. The number of amides is 2. The highest BCUT2D eigenvalue weighted by Gasteiger charge is 2.34. The van der Waals surface area contributed by atoms with Crippen molar-refractivity contribution in [1.29, 1.82) is 0 Å². The lowest BCUT2D eigenvalue weighted by molar-refractivity contribution is -0.140. The lowest BCUT2D eigenvalue weighted by Gasteiger charge is -2.33. The predicted molar refractivity (Wildman–Crippen MR) is 156 cm³/mol. The van der Waals surface area contributed by atoms with E-state index in [1.165, 1.54) is 29.2 Å². The number of nitrogens with one attached hydrogen (secondary N) is 1. The minimum Gasteiger partial charge on any atom is -0.352 e. The van der Waals surface area contributed by atoms with Gasteiger partial charge in [-0.2, -0.15) is 0 Å². The Labute approximate surface area is 237 Å². The van der Waals surface area contributed by atoms with Gasteiger partial charge in [-0.15, -0.1) is 0 Å². The number of hydrogen-bond acceptors (Lipinski definition) is 4. The molecule has 0 aliphatic carbocycles. The minimum atomic E-state index is -4.13. The van der Waals surface area contributed by atoms with Gasteiger partial charge in [-0.25, -0.2) is 12.8 Å². The fraction of sp³-hybridized carbons (Fsp3) is 0.355. The first kappa shape index (κ1) is 30.8. The van der Waals surface area contributed by atoms with Crippen molar-refractivity contribution in [1.82, 2.24) is 10.2 Å². The van der Waals surface area contributed by atoms with Crippen LogP contribution in [-0.4, -0.2) is 43.8 Å². The van der Waals surface area contributed by atoms with E-state index in [-0.39, 0.29) is 23.4 Å². The molecule has 2 amide bonds. The zero-order valence-electron chi connectivity index (χ0n) is 23.7. The smallest absolute Gasteiger partial charge is 0.264 e. The molecule has 40 heavy (non-hydrogen) atoms. The van der Waals surface area contributed by atoms with Gasteiger partial charge in [-0.05, 0) is 81.1 Å². The number of anilines is 1. The van der Waals surface area contributed by atoms with Crippen LogP contribution in [0.25, 0.3) is 0 Å². The van der Waals surface area contributed by atoms with Gasteiger partial charge in [0, 0.05) is 12.6 Å². The van der Waals surface area contributed by atoms with E-state index < -0.39 is 34.3 Å². The van der Waals surface area contributed by atoms with Crippen LogP contribution in [0.3, 0.4) is 0 Å². The molecule has 0 spiro atoms. The van der Waals surface area contributed by atoms with Crippen LogP contribution in [0.1, 0.15) is 50.3 Å². The van der Waals surface area contributed by atoms with E-state index >= 15 is 0 Å². The fourth-order valence-electron chi connectivity index (χ4n) is 4.30. The van der Waals surface area contributed by atoms with Gasteiger partial charge in [0.1, 0.15) is 18.4 Å². The van der Waals surface area contributed by atoms with E-state index in [1.807, 2.05) is 33.8 Å². The molecule has 0 saturated carbocycles. The van der Waals surface area contributed by atoms with E-state index in [0.29, 0.717) is 24.1 Å². The lowest BCUT2D eigenvalue weighted by atomic mass is 10.1. The summed E-state index contributed by atoms with van der Waals surface area (Å²) < 4.78 is 42.5. The van der Waals surface area contributed by atoms with Gasteiger partial charge in [-0.1, -0.05) is 55.8 Å². The fourth-order valence-corrected chi connectivity index (χ4v) is 5.70. The SMILES string of the molecule is CCC(C)NC(=O)C(CC)N(Cc1ccc(F)cc1)C(=O)CN(c1cccc(C)c1)S(=O)(=O)c1ccc(C)cc1. The van der Waals surface area contributed by atoms with E-state index in [2.05, 4.69) is 5.32 Å². The Kier molecular flexibility index (Phi) is 10.5. The molecule has 0 fully saturated rings. The Bertz CT molecular complexity index is 1410. The summed E-state index contributed by atoms with van der Waals surface area (Å²) in [7, 11) is -4.13. The molecular weight excluding hydrogens is 529 g/mol. The number of carbonyl (C=O) groups excluding carboxylic acids is 2. The number of aryl methyl sites for hydroxylation is 2. The highest BCUT2D eigenvalue weighted by molar-refractivity contribution is 7.92. The summed E-state index contributed by atoms with van der Waals surface area (Å²) in [5.74, 6) is -1.29. The molecule has 3 rings (SSSR count). The second-order valence-electron chi connectivity index (χ2n) is 10.1. The summed E-state index contributed by atoms with van der Waals surface area (Å²) >= 11 is 0. The first-order chi connectivity index (χ1) is 19.0. The summed E-state index contributed by atoms with van der Waals surface area (Å²) in [6, 6.07) is 18.1. The average Bonchev–Trinajstić information content (AvgIpc) is 2.92. The molecule has 0 aliphatic heterocycles. The first-order valence-electron chi connectivity index (χ1n) is 13.5. The maximum absolute atomic E-state index is 14.0. The Morgan fingerprint density at radius 1 is 0.900 bits per heavy atom. The maximum Gasteiger partial charge on any atom is 0.264 e. The molecule has 0 heterocycles. The van der Waals surface area contributed by atoms with Gasteiger partial charge in [0.2, 0.25) is 11.8 Å². The van der Waals surface area contributed by atoms with Crippen molar-refractivity contribution in [2.45, 2.75) is 71.0 Å². The minimum absolute atomic E-state index is 0.0117. The number of halogens is 1. The van der Waals surface area contributed by atoms with E-state index in [9.17, 15) is 22.4 Å². The van der Waals surface area contributed by atoms with Crippen molar-refractivity contribution in [3.8, 4) is 0 Å². The molecule has 7 nitrogen and oxygen atoms in total. The molecule has 3 aromatic rings. The third-order valence-corrected chi connectivity index (χ3v) is 8.62. The largest absolute Gasteiger partial charge is 0.352 e. The second-order valence-corrected chi connectivity index (χ2v) is 11.9. The van der Waals surface area contributed by atoms with Gasteiger partial charge in [0.25, 0.3) is 10.0 Å². The van der Waals surface area contributed by atoms with Crippen LogP contribution >= 0.6 is 0 Å². The van der Waals surface area contributed by atoms with Crippen LogP contribution in [0.15, 0.2) is 77.7 Å². The van der Waals surface area contributed by atoms with Crippen LogP contribution in [0.4, 0.5) is 10.1 Å². The van der Waals surface area contributed by atoms with Crippen molar-refractivity contribution in [3.63, 3.8) is 0 Å². The monoisotopic (exact) mass is 567 g/mol. The molecular formula is C31H38FN3O4S. The Morgan fingerprint density at radius 2 is 1.55 bits per heavy atom. The van der Waals surface area contributed by atoms with Crippen LogP contribution in [-0.2, 0) is 26.2 Å². The van der Waals surface area contributed by atoms with Crippen molar-refractivity contribution in [2.75, 3.05) is 10.8 Å². The summed E-state index contributed by atoms with van der Waals surface area (Å²) in [4.78, 5) is 28.8. The highest BCUT2D eigenvalue weighted by atomic mass is 32.2. The average molecular weight is 568 g/mol. The molecule has 2 unspecified atom stereocenters. The molecule has 2 atom stereocenters. The molecule has 1 N–H and O–H groups in total. The lowest BCUT2D eigenvalue weighted by Crippen LogP contribution is -2.53. The van der Waals surface area contributed by atoms with E-state index in [1.54, 1.807) is 49.4 Å². The molecule has 214 valence electrons. The van der Waals surface area contributed by atoms with Crippen molar-refractivity contribution >= 4 is 27.5 Å². The van der Waals surface area contributed by atoms with Crippen LogP contribution in [0, 0.1) is 19.7 Å². The highest BCUT2D eigenvalue weighted by Crippen LogP contribution is 2.26. The summed E-state index contributed by atoms with van der Waals surface area (Å²) in [5.41, 5.74) is 2.69. The topological polar surface area (TPSA) is 86.8 Å². The van der Waals surface area contributed by atoms with Crippen LogP contribution in [0.2, 0.25) is 0 Å². The molecule has 0 aliphatic rings. The van der Waals surface area contributed by atoms with E-state index in [0.717, 1.165) is 15.4 Å². The number of carbonyl (C=O) groups is 2. The predicted octanol–water partition coefficient (Wildman–Crippen LogP) is 5.36. The molecule has 0 radical (unpaired) electrons. The number of nitrogens with zero attached hydrogens (tertiary/aromatic N) is 2. The summed E-state index contributed by atoms with van der Waals surface area (Å²) in [6.07, 6.45) is 1.02.